The van der Waals surface area contributed by atoms with Crippen LogP contribution in [-0.2, 0) is 5.41 Å². The normalized spacial score (nSPS) is 14.9. The Labute approximate surface area is 313 Å². The van der Waals surface area contributed by atoms with E-state index in [0.717, 1.165) is 50.4 Å². The minimum Gasteiger partial charge on any atom is -0.457 e. The average molecular weight is 690 g/mol. The molecule has 54 heavy (non-hydrogen) atoms. The fraction of sp³-hybridized carbons (Fsp3) is 0.0200. The number of para-hydroxylation sites is 1. The van der Waals surface area contributed by atoms with Gasteiger partial charge in [0.15, 0.2) is 17.5 Å². The van der Waals surface area contributed by atoms with Gasteiger partial charge in [0.25, 0.3) is 0 Å². The maximum absolute atomic E-state index is 6.82. The highest BCUT2D eigenvalue weighted by molar-refractivity contribution is 5.97. The van der Waals surface area contributed by atoms with Crippen LogP contribution in [0.5, 0.6) is 11.5 Å². The number of hydrogen-bond donors (Lipinski definition) is 0. The lowest BCUT2D eigenvalue weighted by atomic mass is 9.66. The highest BCUT2D eigenvalue weighted by Crippen LogP contribution is 2.62. The number of hydrogen-bond acceptors (Lipinski definition) is 4. The zero-order chi connectivity index (χ0) is 35.6. The molecule has 0 saturated heterocycles. The van der Waals surface area contributed by atoms with Gasteiger partial charge in [0.2, 0.25) is 0 Å². The van der Waals surface area contributed by atoms with E-state index in [4.69, 9.17) is 19.7 Å². The van der Waals surface area contributed by atoms with Crippen LogP contribution in [0.25, 0.3) is 67.2 Å². The first-order valence-electron chi connectivity index (χ1n) is 18.3. The van der Waals surface area contributed by atoms with Crippen LogP contribution >= 0.6 is 0 Å². The predicted octanol–water partition coefficient (Wildman–Crippen LogP) is 12.2. The van der Waals surface area contributed by atoms with Crippen molar-refractivity contribution in [2.45, 2.75) is 5.41 Å². The standard InChI is InChI=1S/C50H31N3O/c1-3-13-33(14-4-1)47-51-48(34-15-5-2-6-16-34)53-49(52-47)35-25-23-32(24-26-35)38-27-28-43-46(31-38)54-45-22-12-11-21-42(45)50(43)41-20-10-9-19-39(41)40-29-36-17-7-8-18-37(36)30-44(40)50/h1-31H. The summed E-state index contributed by atoms with van der Waals surface area (Å²) in [6, 6.07) is 66.2. The summed E-state index contributed by atoms with van der Waals surface area (Å²) in [4.78, 5) is 14.7. The molecule has 4 nitrogen and oxygen atoms in total. The van der Waals surface area contributed by atoms with Crippen molar-refractivity contribution in [2.24, 2.45) is 0 Å². The van der Waals surface area contributed by atoms with E-state index in [1.807, 2.05) is 60.7 Å². The lowest BCUT2D eigenvalue weighted by Gasteiger charge is -2.39. The van der Waals surface area contributed by atoms with E-state index in [2.05, 4.69) is 127 Å². The molecule has 2 aliphatic rings. The molecule has 9 aromatic rings. The van der Waals surface area contributed by atoms with Crippen molar-refractivity contribution in [1.82, 2.24) is 15.0 Å². The predicted molar refractivity (Wildman–Crippen MR) is 216 cm³/mol. The Morgan fingerprint density at radius 3 is 1.50 bits per heavy atom. The maximum atomic E-state index is 6.82. The van der Waals surface area contributed by atoms with Crippen LogP contribution in [0.4, 0.5) is 0 Å². The molecular weight excluding hydrogens is 659 g/mol. The molecule has 11 rings (SSSR count). The third kappa shape index (κ3) is 4.60. The van der Waals surface area contributed by atoms with Crippen LogP contribution in [0.3, 0.4) is 0 Å². The molecule has 1 unspecified atom stereocenters. The number of benzene rings is 8. The molecule has 0 saturated carbocycles. The number of ether oxygens (including phenoxy) is 1. The summed E-state index contributed by atoms with van der Waals surface area (Å²) in [5, 5.41) is 2.47. The monoisotopic (exact) mass is 689 g/mol. The van der Waals surface area contributed by atoms with Crippen molar-refractivity contribution in [2.75, 3.05) is 0 Å². The summed E-state index contributed by atoms with van der Waals surface area (Å²) in [6.45, 7) is 0. The number of rotatable bonds is 4. The van der Waals surface area contributed by atoms with E-state index in [0.29, 0.717) is 17.5 Å². The summed E-state index contributed by atoms with van der Waals surface area (Å²) < 4.78 is 6.82. The van der Waals surface area contributed by atoms with Gasteiger partial charge in [-0.1, -0.05) is 164 Å². The second-order valence-electron chi connectivity index (χ2n) is 14.0. The van der Waals surface area contributed by atoms with Gasteiger partial charge < -0.3 is 4.74 Å². The summed E-state index contributed by atoms with van der Waals surface area (Å²) in [7, 11) is 0. The fourth-order valence-corrected chi connectivity index (χ4v) is 8.52. The molecule has 0 bridgehead atoms. The van der Waals surface area contributed by atoms with E-state index in [1.165, 1.54) is 33.0 Å². The summed E-state index contributed by atoms with van der Waals surface area (Å²) in [5.41, 5.74) is 11.9. The molecule has 252 valence electrons. The van der Waals surface area contributed by atoms with Crippen molar-refractivity contribution in [3.8, 4) is 67.9 Å². The van der Waals surface area contributed by atoms with E-state index in [9.17, 15) is 0 Å². The SMILES string of the molecule is c1ccc(-c2nc(-c3ccccc3)nc(-c3ccc(-c4ccc5c(c4)Oc4ccccc4C54c5ccccc5-c5cc6ccccc6cc54)cc3)n2)cc1. The van der Waals surface area contributed by atoms with Crippen LogP contribution in [0.15, 0.2) is 188 Å². The molecule has 0 radical (unpaired) electrons. The van der Waals surface area contributed by atoms with Crippen molar-refractivity contribution < 1.29 is 4.74 Å². The fourth-order valence-electron chi connectivity index (χ4n) is 8.52. The molecule has 8 aromatic carbocycles. The molecule has 1 atom stereocenters. The first kappa shape index (κ1) is 30.5. The number of aromatic nitrogens is 3. The Balaban J connectivity index is 1.04. The van der Waals surface area contributed by atoms with Crippen molar-refractivity contribution in [3.05, 3.63) is 210 Å². The molecule has 1 aliphatic carbocycles. The van der Waals surface area contributed by atoms with E-state index in [-0.39, 0.29) is 0 Å². The minimum atomic E-state index is -0.520. The van der Waals surface area contributed by atoms with E-state index < -0.39 is 5.41 Å². The Kier molecular flexibility index (Phi) is 6.73. The quantitative estimate of drug-likeness (QED) is 0.185. The van der Waals surface area contributed by atoms with Crippen molar-refractivity contribution >= 4 is 10.8 Å². The smallest absolute Gasteiger partial charge is 0.164 e. The maximum Gasteiger partial charge on any atom is 0.164 e. The van der Waals surface area contributed by atoms with Gasteiger partial charge in [0, 0.05) is 27.8 Å². The molecule has 1 aromatic heterocycles. The molecule has 0 fully saturated rings. The van der Waals surface area contributed by atoms with Gasteiger partial charge in [0.05, 0.1) is 5.41 Å². The van der Waals surface area contributed by atoms with Gasteiger partial charge in [0.1, 0.15) is 11.5 Å². The first-order valence-corrected chi connectivity index (χ1v) is 18.3. The minimum absolute atomic E-state index is 0.520. The Morgan fingerprint density at radius 1 is 0.315 bits per heavy atom. The van der Waals surface area contributed by atoms with Gasteiger partial charge in [-0.25, -0.2) is 15.0 Å². The van der Waals surface area contributed by atoms with Gasteiger partial charge >= 0.3 is 0 Å². The molecule has 1 aliphatic heterocycles. The molecular formula is C50H31N3O. The molecule has 0 amide bonds. The van der Waals surface area contributed by atoms with E-state index >= 15 is 0 Å². The highest BCUT2D eigenvalue weighted by Gasteiger charge is 2.51. The summed E-state index contributed by atoms with van der Waals surface area (Å²) >= 11 is 0. The van der Waals surface area contributed by atoms with Crippen LogP contribution in [0.1, 0.15) is 22.3 Å². The third-order valence-corrected chi connectivity index (χ3v) is 11.0. The van der Waals surface area contributed by atoms with Gasteiger partial charge in [-0.3, -0.25) is 0 Å². The number of nitrogens with zero attached hydrogens (tertiary/aromatic N) is 3. The van der Waals surface area contributed by atoms with Crippen LogP contribution in [0.2, 0.25) is 0 Å². The van der Waals surface area contributed by atoms with Gasteiger partial charge in [-0.05, 0) is 68.4 Å². The second-order valence-corrected chi connectivity index (χ2v) is 14.0. The zero-order valence-electron chi connectivity index (χ0n) is 29.1. The summed E-state index contributed by atoms with van der Waals surface area (Å²) in [6.07, 6.45) is 0. The highest BCUT2D eigenvalue weighted by atomic mass is 16.5. The van der Waals surface area contributed by atoms with E-state index in [1.54, 1.807) is 0 Å². The van der Waals surface area contributed by atoms with Crippen LogP contribution in [-0.4, -0.2) is 15.0 Å². The van der Waals surface area contributed by atoms with Crippen molar-refractivity contribution in [3.63, 3.8) is 0 Å². The largest absolute Gasteiger partial charge is 0.457 e. The average Bonchev–Trinajstić information content (AvgIpc) is 3.52. The van der Waals surface area contributed by atoms with Gasteiger partial charge in [-0.2, -0.15) is 0 Å². The lowest BCUT2D eigenvalue weighted by Crippen LogP contribution is -2.32. The first-order chi connectivity index (χ1) is 26.7. The molecule has 4 heteroatoms. The van der Waals surface area contributed by atoms with Crippen LogP contribution in [0, 0.1) is 0 Å². The topological polar surface area (TPSA) is 47.9 Å². The lowest BCUT2D eigenvalue weighted by molar-refractivity contribution is 0.436. The Bertz CT molecular complexity index is 2850. The Hall–Kier alpha value is -7.17. The van der Waals surface area contributed by atoms with Gasteiger partial charge in [-0.15, -0.1) is 0 Å². The second kappa shape index (κ2) is 11.9. The van der Waals surface area contributed by atoms with Crippen LogP contribution < -0.4 is 4.74 Å². The summed E-state index contributed by atoms with van der Waals surface area (Å²) in [5.74, 6) is 3.67. The molecule has 0 N–H and O–H groups in total. The molecule has 2 heterocycles. The van der Waals surface area contributed by atoms with Crippen molar-refractivity contribution in [1.29, 1.82) is 0 Å². The Morgan fingerprint density at radius 2 is 0.815 bits per heavy atom. The number of fused-ring (bicyclic) bond motifs is 10. The third-order valence-electron chi connectivity index (χ3n) is 11.0. The zero-order valence-corrected chi connectivity index (χ0v) is 29.1. The molecule has 1 spiro atoms.